The lowest BCUT2D eigenvalue weighted by atomic mass is 10.1. The first kappa shape index (κ1) is 13.6. The first-order chi connectivity index (χ1) is 9.65. The van der Waals surface area contributed by atoms with E-state index in [0.29, 0.717) is 10.8 Å². The predicted octanol–water partition coefficient (Wildman–Crippen LogP) is 3.21. The fourth-order valence-corrected chi connectivity index (χ4v) is 3.54. The summed E-state index contributed by atoms with van der Waals surface area (Å²) in [4.78, 5) is 0. The van der Waals surface area contributed by atoms with Gasteiger partial charge in [0, 0.05) is 18.4 Å². The van der Waals surface area contributed by atoms with Crippen molar-refractivity contribution in [3.63, 3.8) is 0 Å². The molecular formula is C14H16ClN3OS. The van der Waals surface area contributed by atoms with Crippen LogP contribution in [0.2, 0.25) is 5.02 Å². The van der Waals surface area contributed by atoms with Crippen LogP contribution in [0.25, 0.3) is 11.1 Å². The normalized spacial score (nSPS) is 18.4. The molecule has 0 aliphatic carbocycles. The molecule has 0 bridgehead atoms. The number of anilines is 1. The number of hydrogen-bond acceptors (Lipinski definition) is 4. The Morgan fingerprint density at radius 2 is 2.35 bits per heavy atom. The lowest BCUT2D eigenvalue weighted by Crippen LogP contribution is -2.14. The first-order valence-electron chi connectivity index (χ1n) is 6.47. The van der Waals surface area contributed by atoms with Crippen molar-refractivity contribution in [3.8, 4) is 16.9 Å². The van der Waals surface area contributed by atoms with Crippen molar-refractivity contribution < 1.29 is 4.74 Å². The molecule has 6 heteroatoms. The average Bonchev–Trinajstić information content (AvgIpc) is 3.04. The molecule has 2 N–H and O–H groups in total. The van der Waals surface area contributed by atoms with Crippen LogP contribution in [0.15, 0.2) is 24.4 Å². The molecule has 0 spiro atoms. The summed E-state index contributed by atoms with van der Waals surface area (Å²) < 4.78 is 7.57. The molecule has 0 radical (unpaired) electrons. The van der Waals surface area contributed by atoms with E-state index in [1.54, 1.807) is 10.9 Å². The van der Waals surface area contributed by atoms with Crippen molar-refractivity contribution in [1.82, 2.24) is 9.78 Å². The minimum atomic E-state index is 0.270. The molecule has 1 saturated heterocycles. The highest BCUT2D eigenvalue weighted by Crippen LogP contribution is 2.34. The fraction of sp³-hybridized carbons (Fsp3) is 0.357. The molecule has 4 nitrogen and oxygen atoms in total. The topological polar surface area (TPSA) is 53.1 Å². The van der Waals surface area contributed by atoms with Gasteiger partial charge >= 0.3 is 0 Å². The van der Waals surface area contributed by atoms with Crippen LogP contribution in [-0.2, 0) is 7.05 Å². The zero-order chi connectivity index (χ0) is 14.1. The molecule has 1 fully saturated rings. The Morgan fingerprint density at radius 3 is 2.95 bits per heavy atom. The summed E-state index contributed by atoms with van der Waals surface area (Å²) in [6.45, 7) is 0. The molecule has 1 aliphatic rings. The monoisotopic (exact) mass is 309 g/mol. The second-order valence-electron chi connectivity index (χ2n) is 4.82. The minimum Gasteiger partial charge on any atom is -0.488 e. The molecule has 1 aromatic heterocycles. The van der Waals surface area contributed by atoms with Gasteiger partial charge in [-0.05, 0) is 29.9 Å². The minimum absolute atomic E-state index is 0.270. The van der Waals surface area contributed by atoms with Crippen molar-refractivity contribution >= 4 is 29.2 Å². The van der Waals surface area contributed by atoms with E-state index in [1.165, 1.54) is 0 Å². The Hall–Kier alpha value is -1.33. The highest BCUT2D eigenvalue weighted by atomic mass is 35.5. The van der Waals surface area contributed by atoms with Gasteiger partial charge in [-0.3, -0.25) is 4.68 Å². The lowest BCUT2D eigenvalue weighted by molar-refractivity contribution is 0.229. The number of rotatable bonds is 3. The average molecular weight is 310 g/mol. The van der Waals surface area contributed by atoms with Gasteiger partial charge in [0.2, 0.25) is 0 Å². The maximum absolute atomic E-state index is 6.32. The van der Waals surface area contributed by atoms with Crippen molar-refractivity contribution in [2.45, 2.75) is 12.5 Å². The Bertz CT molecular complexity index is 623. The quantitative estimate of drug-likeness (QED) is 0.946. The zero-order valence-corrected chi connectivity index (χ0v) is 12.7. The SMILES string of the molecule is Cn1ncc(-c2ccc(OC3CCSC3)c(Cl)c2)c1N. The standard InChI is InChI=1S/C14H16ClN3OS/c1-18-14(16)11(7-17-18)9-2-3-13(12(15)6-9)19-10-4-5-20-8-10/h2-3,6-7,10H,4-5,8,16H2,1H3. The van der Waals surface area contributed by atoms with Crippen molar-refractivity contribution in [2.24, 2.45) is 7.05 Å². The summed E-state index contributed by atoms with van der Waals surface area (Å²) in [6, 6.07) is 5.76. The zero-order valence-electron chi connectivity index (χ0n) is 11.2. The first-order valence-corrected chi connectivity index (χ1v) is 8.00. The third-order valence-electron chi connectivity index (χ3n) is 3.41. The Morgan fingerprint density at radius 1 is 1.50 bits per heavy atom. The third kappa shape index (κ3) is 2.60. The third-order valence-corrected chi connectivity index (χ3v) is 4.84. The van der Waals surface area contributed by atoms with Crippen LogP contribution in [0.1, 0.15) is 6.42 Å². The van der Waals surface area contributed by atoms with E-state index >= 15 is 0 Å². The Labute approximate surface area is 127 Å². The molecule has 2 aromatic rings. The maximum atomic E-state index is 6.32. The van der Waals surface area contributed by atoms with Crippen LogP contribution >= 0.6 is 23.4 Å². The lowest BCUT2D eigenvalue weighted by Gasteiger charge is -2.14. The molecule has 1 aromatic carbocycles. The summed E-state index contributed by atoms with van der Waals surface area (Å²) in [6.07, 6.45) is 3.10. The summed E-state index contributed by atoms with van der Waals surface area (Å²) in [5.41, 5.74) is 7.82. The smallest absolute Gasteiger partial charge is 0.138 e. The molecule has 1 aliphatic heterocycles. The van der Waals surface area contributed by atoms with E-state index < -0.39 is 0 Å². The molecule has 106 valence electrons. The van der Waals surface area contributed by atoms with Gasteiger partial charge in [-0.1, -0.05) is 17.7 Å². The van der Waals surface area contributed by atoms with Crippen molar-refractivity contribution in [2.75, 3.05) is 17.2 Å². The number of aryl methyl sites for hydroxylation is 1. The molecule has 2 heterocycles. The van der Waals surface area contributed by atoms with E-state index in [9.17, 15) is 0 Å². The van der Waals surface area contributed by atoms with Gasteiger partial charge in [-0.25, -0.2) is 0 Å². The summed E-state index contributed by atoms with van der Waals surface area (Å²) >= 11 is 8.23. The van der Waals surface area contributed by atoms with Gasteiger partial charge in [-0.2, -0.15) is 16.9 Å². The van der Waals surface area contributed by atoms with Crippen LogP contribution in [0.3, 0.4) is 0 Å². The molecule has 1 atom stereocenters. The van der Waals surface area contributed by atoms with Gasteiger partial charge in [0.25, 0.3) is 0 Å². The summed E-state index contributed by atoms with van der Waals surface area (Å²) in [5, 5.41) is 4.76. The van der Waals surface area contributed by atoms with Crippen LogP contribution in [0, 0.1) is 0 Å². The van der Waals surface area contributed by atoms with Crippen LogP contribution in [0.4, 0.5) is 5.82 Å². The number of aromatic nitrogens is 2. The summed E-state index contributed by atoms with van der Waals surface area (Å²) in [7, 11) is 1.82. The largest absolute Gasteiger partial charge is 0.488 e. The summed E-state index contributed by atoms with van der Waals surface area (Å²) in [5.74, 6) is 3.56. The number of hydrogen-bond donors (Lipinski definition) is 1. The van der Waals surface area contributed by atoms with Crippen molar-refractivity contribution in [1.29, 1.82) is 0 Å². The highest BCUT2D eigenvalue weighted by Gasteiger charge is 2.18. The number of nitrogen functional groups attached to an aromatic ring is 1. The second kappa shape index (κ2) is 5.58. The van der Waals surface area contributed by atoms with Gasteiger partial charge in [0.05, 0.1) is 11.2 Å². The number of halogens is 1. The second-order valence-corrected chi connectivity index (χ2v) is 6.37. The number of nitrogens with zero attached hydrogens (tertiary/aromatic N) is 2. The molecule has 20 heavy (non-hydrogen) atoms. The Kier molecular flexibility index (Phi) is 3.81. The van der Waals surface area contributed by atoms with Crippen molar-refractivity contribution in [3.05, 3.63) is 29.4 Å². The van der Waals surface area contributed by atoms with Gasteiger partial charge in [0.15, 0.2) is 0 Å². The van der Waals surface area contributed by atoms with Gasteiger partial charge < -0.3 is 10.5 Å². The van der Waals surface area contributed by atoms with Gasteiger partial charge in [-0.15, -0.1) is 0 Å². The Balaban J connectivity index is 1.85. The van der Waals surface area contributed by atoms with Gasteiger partial charge in [0.1, 0.15) is 17.7 Å². The molecule has 0 amide bonds. The maximum Gasteiger partial charge on any atom is 0.138 e. The molecular weight excluding hydrogens is 294 g/mol. The van der Waals surface area contributed by atoms with E-state index in [0.717, 1.165) is 34.8 Å². The molecule has 0 saturated carbocycles. The van der Waals surface area contributed by atoms with E-state index in [2.05, 4.69) is 5.10 Å². The van der Waals surface area contributed by atoms with Crippen LogP contribution in [-0.4, -0.2) is 27.4 Å². The number of ether oxygens (including phenoxy) is 1. The predicted molar refractivity (Wildman–Crippen MR) is 84.4 cm³/mol. The number of benzene rings is 1. The highest BCUT2D eigenvalue weighted by molar-refractivity contribution is 7.99. The van der Waals surface area contributed by atoms with Crippen LogP contribution in [0.5, 0.6) is 5.75 Å². The number of nitrogens with two attached hydrogens (primary N) is 1. The number of thioether (sulfide) groups is 1. The van der Waals surface area contributed by atoms with E-state index in [1.807, 2.05) is 37.0 Å². The fourth-order valence-electron chi connectivity index (χ4n) is 2.22. The van der Waals surface area contributed by atoms with E-state index in [-0.39, 0.29) is 6.10 Å². The molecule has 1 unspecified atom stereocenters. The molecule has 3 rings (SSSR count). The van der Waals surface area contributed by atoms with E-state index in [4.69, 9.17) is 22.1 Å². The van der Waals surface area contributed by atoms with Crippen LogP contribution < -0.4 is 10.5 Å².